The average molecular weight is 224 g/mol. The monoisotopic (exact) mass is 224 g/mol. The number of likely N-dealkylation sites (N-methyl/N-ethyl adjacent to an activating group) is 1. The second-order valence-electron chi connectivity index (χ2n) is 5.09. The van der Waals surface area contributed by atoms with Gasteiger partial charge in [-0.05, 0) is 37.0 Å². The van der Waals surface area contributed by atoms with Crippen molar-refractivity contribution in [3.63, 3.8) is 0 Å². The summed E-state index contributed by atoms with van der Waals surface area (Å²) in [6, 6.07) is 0. The van der Waals surface area contributed by atoms with Crippen LogP contribution >= 0.6 is 0 Å². The van der Waals surface area contributed by atoms with E-state index in [9.17, 15) is 9.59 Å². The molecular formula is C12H20N2O2. The van der Waals surface area contributed by atoms with Crippen LogP contribution in [0.25, 0.3) is 0 Å². The molecule has 0 spiro atoms. The SMILES string of the molecule is CNC(=O)CNC(=O)C[C@@H]1C[C@H]2CC[C@H]1C2. The minimum atomic E-state index is -0.138. The largest absolute Gasteiger partial charge is 0.358 e. The molecule has 3 atom stereocenters. The number of hydrogen-bond acceptors (Lipinski definition) is 2. The van der Waals surface area contributed by atoms with Gasteiger partial charge in [-0.1, -0.05) is 6.42 Å². The Morgan fingerprint density at radius 3 is 2.56 bits per heavy atom. The molecule has 2 N–H and O–H groups in total. The van der Waals surface area contributed by atoms with Crippen LogP contribution in [-0.4, -0.2) is 25.4 Å². The minimum Gasteiger partial charge on any atom is -0.358 e. The molecule has 16 heavy (non-hydrogen) atoms. The Balaban J connectivity index is 1.69. The molecule has 2 fully saturated rings. The van der Waals surface area contributed by atoms with Crippen LogP contribution in [0.4, 0.5) is 0 Å². The van der Waals surface area contributed by atoms with Crippen molar-refractivity contribution in [3.8, 4) is 0 Å². The summed E-state index contributed by atoms with van der Waals surface area (Å²) in [6.45, 7) is 0.107. The van der Waals surface area contributed by atoms with E-state index in [1.54, 1.807) is 7.05 Å². The van der Waals surface area contributed by atoms with Crippen LogP contribution in [0.15, 0.2) is 0 Å². The highest BCUT2D eigenvalue weighted by atomic mass is 16.2. The standard InChI is InChI=1S/C12H20N2O2/c1-13-12(16)7-14-11(15)6-10-5-8-2-3-9(10)4-8/h8-10H,2-7H2,1H3,(H,13,16)(H,14,15)/t8-,9-,10-/m0/s1. The van der Waals surface area contributed by atoms with Gasteiger partial charge in [0.05, 0.1) is 6.54 Å². The molecule has 2 aliphatic rings. The number of carbonyl (C=O) groups is 2. The van der Waals surface area contributed by atoms with Crippen molar-refractivity contribution >= 4 is 11.8 Å². The minimum absolute atomic E-state index is 0.0288. The van der Waals surface area contributed by atoms with Crippen molar-refractivity contribution in [2.75, 3.05) is 13.6 Å². The van der Waals surface area contributed by atoms with Crippen LogP contribution in [0.5, 0.6) is 0 Å². The summed E-state index contributed by atoms with van der Waals surface area (Å²) < 4.78 is 0. The maximum absolute atomic E-state index is 11.6. The fraction of sp³-hybridized carbons (Fsp3) is 0.833. The molecular weight excluding hydrogens is 204 g/mol. The van der Waals surface area contributed by atoms with Gasteiger partial charge in [-0.25, -0.2) is 0 Å². The Labute approximate surface area is 96.2 Å². The van der Waals surface area contributed by atoms with Crippen molar-refractivity contribution in [1.82, 2.24) is 10.6 Å². The summed E-state index contributed by atoms with van der Waals surface area (Å²) in [5.74, 6) is 2.11. The van der Waals surface area contributed by atoms with E-state index in [1.807, 2.05) is 0 Å². The fourth-order valence-electron chi connectivity index (χ4n) is 3.20. The third-order valence-electron chi connectivity index (χ3n) is 4.06. The first-order valence-corrected chi connectivity index (χ1v) is 6.16. The highest BCUT2D eigenvalue weighted by Crippen LogP contribution is 2.49. The zero-order valence-corrected chi connectivity index (χ0v) is 9.79. The van der Waals surface area contributed by atoms with E-state index in [0.29, 0.717) is 12.3 Å². The molecule has 0 saturated heterocycles. The molecule has 4 heteroatoms. The van der Waals surface area contributed by atoms with Gasteiger partial charge in [-0.3, -0.25) is 9.59 Å². The number of rotatable bonds is 4. The predicted octanol–water partition coefficient (Wildman–Crippen LogP) is 0.675. The van der Waals surface area contributed by atoms with Crippen LogP contribution in [0.2, 0.25) is 0 Å². The fourth-order valence-corrected chi connectivity index (χ4v) is 3.20. The normalized spacial score (nSPS) is 31.4. The molecule has 2 amide bonds. The Kier molecular flexibility index (Phi) is 3.46. The average Bonchev–Trinajstić information content (AvgIpc) is 2.87. The maximum Gasteiger partial charge on any atom is 0.239 e. The van der Waals surface area contributed by atoms with E-state index in [1.165, 1.54) is 25.7 Å². The molecule has 0 aromatic rings. The number of nitrogens with one attached hydrogen (secondary N) is 2. The highest BCUT2D eigenvalue weighted by molar-refractivity contribution is 5.84. The first-order valence-electron chi connectivity index (χ1n) is 6.16. The summed E-state index contributed by atoms with van der Waals surface area (Å²) in [5.41, 5.74) is 0. The molecule has 0 heterocycles. The lowest BCUT2D eigenvalue weighted by molar-refractivity contribution is -0.126. The summed E-state index contributed by atoms with van der Waals surface area (Å²) in [5, 5.41) is 5.16. The molecule has 2 aliphatic carbocycles. The van der Waals surface area contributed by atoms with Gasteiger partial charge in [0.2, 0.25) is 11.8 Å². The first kappa shape index (κ1) is 11.4. The quantitative estimate of drug-likeness (QED) is 0.737. The Bertz CT molecular complexity index is 291. The van der Waals surface area contributed by atoms with Gasteiger partial charge in [0, 0.05) is 13.5 Å². The zero-order chi connectivity index (χ0) is 11.5. The van der Waals surface area contributed by atoms with Gasteiger partial charge in [0.1, 0.15) is 0 Å². The number of fused-ring (bicyclic) bond motifs is 2. The molecule has 90 valence electrons. The van der Waals surface area contributed by atoms with E-state index < -0.39 is 0 Å². The second-order valence-corrected chi connectivity index (χ2v) is 5.09. The van der Waals surface area contributed by atoms with Gasteiger partial charge in [0.15, 0.2) is 0 Å². The third-order valence-corrected chi connectivity index (χ3v) is 4.06. The van der Waals surface area contributed by atoms with Crippen molar-refractivity contribution in [2.45, 2.75) is 32.1 Å². The third kappa shape index (κ3) is 2.54. The topological polar surface area (TPSA) is 58.2 Å². The Morgan fingerprint density at radius 2 is 2.00 bits per heavy atom. The Hall–Kier alpha value is -1.06. The van der Waals surface area contributed by atoms with E-state index in [2.05, 4.69) is 10.6 Å². The maximum atomic E-state index is 11.6. The van der Waals surface area contributed by atoms with Gasteiger partial charge in [-0.2, -0.15) is 0 Å². The lowest BCUT2D eigenvalue weighted by Gasteiger charge is -2.20. The molecule has 0 aromatic carbocycles. The number of hydrogen-bond donors (Lipinski definition) is 2. The van der Waals surface area contributed by atoms with Crippen LogP contribution in [0.1, 0.15) is 32.1 Å². The smallest absolute Gasteiger partial charge is 0.239 e. The summed E-state index contributed by atoms with van der Waals surface area (Å²) in [7, 11) is 1.57. The first-order chi connectivity index (χ1) is 7.69. The van der Waals surface area contributed by atoms with E-state index in [-0.39, 0.29) is 18.4 Å². The molecule has 2 saturated carbocycles. The van der Waals surface area contributed by atoms with Crippen molar-refractivity contribution in [1.29, 1.82) is 0 Å². The van der Waals surface area contributed by atoms with E-state index in [4.69, 9.17) is 0 Å². The van der Waals surface area contributed by atoms with Crippen molar-refractivity contribution in [3.05, 3.63) is 0 Å². The van der Waals surface area contributed by atoms with Crippen molar-refractivity contribution < 1.29 is 9.59 Å². The molecule has 0 aliphatic heterocycles. The molecule has 4 nitrogen and oxygen atoms in total. The predicted molar refractivity (Wildman–Crippen MR) is 60.6 cm³/mol. The van der Waals surface area contributed by atoms with Gasteiger partial charge in [-0.15, -0.1) is 0 Å². The van der Waals surface area contributed by atoms with Crippen LogP contribution < -0.4 is 10.6 Å². The highest BCUT2D eigenvalue weighted by Gasteiger charge is 2.39. The van der Waals surface area contributed by atoms with E-state index in [0.717, 1.165) is 11.8 Å². The van der Waals surface area contributed by atoms with Gasteiger partial charge >= 0.3 is 0 Å². The zero-order valence-electron chi connectivity index (χ0n) is 9.79. The van der Waals surface area contributed by atoms with Crippen LogP contribution in [-0.2, 0) is 9.59 Å². The summed E-state index contributed by atoms with van der Waals surface area (Å²) in [4.78, 5) is 22.6. The summed E-state index contributed by atoms with van der Waals surface area (Å²) in [6.07, 6.45) is 5.82. The molecule has 2 bridgehead atoms. The summed E-state index contributed by atoms with van der Waals surface area (Å²) >= 11 is 0. The molecule has 0 unspecified atom stereocenters. The van der Waals surface area contributed by atoms with Crippen LogP contribution in [0, 0.1) is 17.8 Å². The lowest BCUT2D eigenvalue weighted by Crippen LogP contribution is -2.36. The number of amides is 2. The second kappa shape index (κ2) is 4.85. The van der Waals surface area contributed by atoms with E-state index >= 15 is 0 Å². The lowest BCUT2D eigenvalue weighted by atomic mass is 9.86. The Morgan fingerprint density at radius 1 is 1.19 bits per heavy atom. The van der Waals surface area contributed by atoms with Crippen LogP contribution in [0.3, 0.4) is 0 Å². The molecule has 2 rings (SSSR count). The van der Waals surface area contributed by atoms with Gasteiger partial charge in [0.25, 0.3) is 0 Å². The molecule has 0 radical (unpaired) electrons. The van der Waals surface area contributed by atoms with Gasteiger partial charge < -0.3 is 10.6 Å². The number of carbonyl (C=O) groups excluding carboxylic acids is 2. The van der Waals surface area contributed by atoms with Crippen molar-refractivity contribution in [2.24, 2.45) is 17.8 Å². The molecule has 0 aromatic heterocycles.